The maximum atomic E-state index is 6.29. The van der Waals surface area contributed by atoms with E-state index >= 15 is 0 Å². The minimum Gasteiger partial charge on any atom is -0.444 e. The van der Waals surface area contributed by atoms with Gasteiger partial charge in [-0.05, 0) is 36.8 Å². The highest BCUT2D eigenvalue weighted by Crippen LogP contribution is 2.36. The summed E-state index contributed by atoms with van der Waals surface area (Å²) >= 11 is 0. The lowest BCUT2D eigenvalue weighted by Crippen LogP contribution is -2.38. The minimum atomic E-state index is 0.390. The molecule has 1 saturated heterocycles. The molecule has 1 saturated carbocycles. The van der Waals surface area contributed by atoms with Gasteiger partial charge in [-0.3, -0.25) is 4.90 Å². The van der Waals surface area contributed by atoms with Gasteiger partial charge in [0.05, 0.1) is 5.69 Å². The van der Waals surface area contributed by atoms with Crippen LogP contribution in [0.2, 0.25) is 0 Å². The second-order valence-electron chi connectivity index (χ2n) is 6.72. The van der Waals surface area contributed by atoms with Gasteiger partial charge in [0.1, 0.15) is 6.26 Å². The molecule has 2 heterocycles. The summed E-state index contributed by atoms with van der Waals surface area (Å²) in [5, 5.41) is 0. The lowest BCUT2D eigenvalue weighted by molar-refractivity contribution is 0.259. The molecule has 1 aliphatic carbocycles. The Kier molecular flexibility index (Phi) is 3.72. The number of aromatic nitrogens is 1. The van der Waals surface area contributed by atoms with Crippen molar-refractivity contribution in [3.8, 4) is 11.5 Å². The second kappa shape index (κ2) is 5.86. The Morgan fingerprint density at radius 2 is 2.05 bits per heavy atom. The third kappa shape index (κ3) is 2.69. The fraction of sp³-hybridized carbons (Fsp3) is 0.500. The number of nitrogens with two attached hydrogens (primary N) is 1. The average molecular weight is 297 g/mol. The quantitative estimate of drug-likeness (QED) is 0.946. The summed E-state index contributed by atoms with van der Waals surface area (Å²) in [5.74, 6) is 2.17. The highest BCUT2D eigenvalue weighted by molar-refractivity contribution is 5.52. The normalized spacial score (nSPS) is 28.7. The van der Waals surface area contributed by atoms with Gasteiger partial charge in [-0.2, -0.15) is 0 Å². The van der Waals surface area contributed by atoms with E-state index in [0.717, 1.165) is 36.8 Å². The maximum absolute atomic E-state index is 6.29. The first-order valence-corrected chi connectivity index (χ1v) is 8.27. The minimum absolute atomic E-state index is 0.390. The van der Waals surface area contributed by atoms with E-state index in [1.54, 1.807) is 6.26 Å². The van der Waals surface area contributed by atoms with E-state index in [2.05, 4.69) is 9.88 Å². The van der Waals surface area contributed by atoms with Crippen molar-refractivity contribution >= 4 is 0 Å². The maximum Gasteiger partial charge on any atom is 0.226 e. The molecule has 2 aromatic rings. The van der Waals surface area contributed by atoms with Crippen LogP contribution in [0.1, 0.15) is 25.0 Å². The molecule has 0 bridgehead atoms. The first-order chi connectivity index (χ1) is 10.8. The number of rotatable bonds is 3. The number of benzene rings is 1. The van der Waals surface area contributed by atoms with Gasteiger partial charge in [-0.15, -0.1) is 0 Å². The molecular weight excluding hydrogens is 274 g/mol. The van der Waals surface area contributed by atoms with Crippen LogP contribution in [0.25, 0.3) is 11.5 Å². The number of nitrogens with zero attached hydrogens (tertiary/aromatic N) is 2. The summed E-state index contributed by atoms with van der Waals surface area (Å²) in [4.78, 5) is 7.13. The van der Waals surface area contributed by atoms with Gasteiger partial charge in [0.2, 0.25) is 5.89 Å². The van der Waals surface area contributed by atoms with Gasteiger partial charge in [-0.25, -0.2) is 4.98 Å². The van der Waals surface area contributed by atoms with Crippen molar-refractivity contribution in [3.63, 3.8) is 0 Å². The molecule has 1 aromatic heterocycles. The standard InChI is InChI=1S/C18H23N3O/c19-17-8-4-7-14-9-21(11-16(14)17)10-15-12-22-18(20-15)13-5-2-1-3-6-13/h1-3,5-6,12,14,16-17H,4,7-11,19H2. The smallest absolute Gasteiger partial charge is 0.226 e. The molecule has 0 amide bonds. The van der Waals surface area contributed by atoms with Crippen molar-refractivity contribution in [2.24, 2.45) is 17.6 Å². The van der Waals surface area contributed by atoms with Gasteiger partial charge in [-0.1, -0.05) is 24.6 Å². The van der Waals surface area contributed by atoms with Gasteiger partial charge < -0.3 is 10.2 Å². The second-order valence-corrected chi connectivity index (χ2v) is 6.72. The van der Waals surface area contributed by atoms with E-state index < -0.39 is 0 Å². The number of likely N-dealkylation sites (tertiary alicyclic amines) is 1. The van der Waals surface area contributed by atoms with E-state index in [-0.39, 0.29) is 0 Å². The molecule has 1 aromatic carbocycles. The van der Waals surface area contributed by atoms with Crippen LogP contribution < -0.4 is 5.73 Å². The van der Waals surface area contributed by atoms with Crippen molar-refractivity contribution in [3.05, 3.63) is 42.3 Å². The monoisotopic (exact) mass is 297 g/mol. The first kappa shape index (κ1) is 14.0. The fourth-order valence-electron chi connectivity index (χ4n) is 4.06. The molecule has 2 N–H and O–H groups in total. The van der Waals surface area contributed by atoms with E-state index in [4.69, 9.17) is 10.2 Å². The highest BCUT2D eigenvalue weighted by atomic mass is 16.3. The van der Waals surface area contributed by atoms with Crippen molar-refractivity contribution in [2.45, 2.75) is 31.8 Å². The number of hydrogen-bond acceptors (Lipinski definition) is 4. The van der Waals surface area contributed by atoms with Gasteiger partial charge in [0.15, 0.2) is 0 Å². The Bertz CT molecular complexity index is 624. The van der Waals surface area contributed by atoms with Gasteiger partial charge in [0, 0.05) is 31.2 Å². The molecule has 2 fully saturated rings. The highest BCUT2D eigenvalue weighted by Gasteiger charge is 2.38. The predicted octanol–water partition coefficient (Wildman–Crippen LogP) is 2.90. The van der Waals surface area contributed by atoms with E-state index in [1.165, 1.54) is 19.3 Å². The van der Waals surface area contributed by atoms with Crippen LogP contribution >= 0.6 is 0 Å². The number of hydrogen-bond donors (Lipinski definition) is 1. The predicted molar refractivity (Wildman–Crippen MR) is 86.0 cm³/mol. The lowest BCUT2D eigenvalue weighted by Gasteiger charge is -2.29. The molecule has 1 aliphatic heterocycles. The molecule has 3 atom stereocenters. The molecule has 0 radical (unpaired) electrons. The molecule has 22 heavy (non-hydrogen) atoms. The zero-order chi connectivity index (χ0) is 14.9. The summed E-state index contributed by atoms with van der Waals surface area (Å²) in [6.45, 7) is 3.14. The Balaban J connectivity index is 1.43. The molecule has 2 aliphatic rings. The third-order valence-corrected chi connectivity index (χ3v) is 5.19. The Hall–Kier alpha value is -1.65. The van der Waals surface area contributed by atoms with E-state index in [9.17, 15) is 0 Å². The summed E-state index contributed by atoms with van der Waals surface area (Å²) in [5.41, 5.74) is 8.35. The SMILES string of the molecule is NC1CCCC2CN(Cc3coc(-c4ccccc4)n3)CC12. The Morgan fingerprint density at radius 1 is 1.18 bits per heavy atom. The van der Waals surface area contributed by atoms with Crippen LogP contribution in [0.5, 0.6) is 0 Å². The topological polar surface area (TPSA) is 55.3 Å². The van der Waals surface area contributed by atoms with E-state index in [1.807, 2.05) is 30.3 Å². The van der Waals surface area contributed by atoms with Crippen molar-refractivity contribution < 1.29 is 4.42 Å². The summed E-state index contributed by atoms with van der Waals surface area (Å²) in [7, 11) is 0. The molecule has 4 nitrogen and oxygen atoms in total. The number of fused-ring (bicyclic) bond motifs is 1. The molecule has 0 spiro atoms. The summed E-state index contributed by atoms with van der Waals surface area (Å²) < 4.78 is 5.64. The van der Waals surface area contributed by atoms with Crippen LogP contribution in [-0.4, -0.2) is 29.0 Å². The summed E-state index contributed by atoms with van der Waals surface area (Å²) in [6.07, 6.45) is 5.61. The Morgan fingerprint density at radius 3 is 2.86 bits per heavy atom. The molecule has 3 unspecified atom stereocenters. The van der Waals surface area contributed by atoms with Crippen molar-refractivity contribution in [1.82, 2.24) is 9.88 Å². The van der Waals surface area contributed by atoms with Crippen molar-refractivity contribution in [2.75, 3.05) is 13.1 Å². The largest absolute Gasteiger partial charge is 0.444 e. The zero-order valence-electron chi connectivity index (χ0n) is 12.8. The van der Waals surface area contributed by atoms with Crippen LogP contribution in [0.15, 0.2) is 41.0 Å². The van der Waals surface area contributed by atoms with Gasteiger partial charge in [0.25, 0.3) is 0 Å². The van der Waals surface area contributed by atoms with Crippen LogP contribution in [0.3, 0.4) is 0 Å². The molecule has 4 rings (SSSR count). The lowest BCUT2D eigenvalue weighted by atomic mass is 9.78. The van der Waals surface area contributed by atoms with Crippen LogP contribution in [0, 0.1) is 11.8 Å². The molecular formula is C18H23N3O. The van der Waals surface area contributed by atoms with Crippen LogP contribution in [-0.2, 0) is 6.54 Å². The Labute approximate surface area is 131 Å². The van der Waals surface area contributed by atoms with Crippen LogP contribution in [0.4, 0.5) is 0 Å². The summed E-state index contributed by atoms with van der Waals surface area (Å²) in [6, 6.07) is 10.5. The number of oxazole rings is 1. The average Bonchev–Trinajstić information content (AvgIpc) is 3.16. The zero-order valence-corrected chi connectivity index (χ0v) is 12.8. The van der Waals surface area contributed by atoms with Gasteiger partial charge >= 0.3 is 0 Å². The molecule has 116 valence electrons. The van der Waals surface area contributed by atoms with E-state index in [0.29, 0.717) is 17.9 Å². The van der Waals surface area contributed by atoms with Crippen molar-refractivity contribution in [1.29, 1.82) is 0 Å². The first-order valence-electron chi connectivity index (χ1n) is 8.27. The molecule has 4 heteroatoms. The third-order valence-electron chi connectivity index (χ3n) is 5.19. The fourth-order valence-corrected chi connectivity index (χ4v) is 4.06.